The van der Waals surface area contributed by atoms with Crippen molar-refractivity contribution < 1.29 is 8.81 Å². The van der Waals surface area contributed by atoms with Crippen LogP contribution in [0.5, 0.6) is 0 Å². The number of piperazine rings is 1. The molecule has 7 heteroatoms. The molecule has 6 nitrogen and oxygen atoms in total. The van der Waals surface area contributed by atoms with Crippen LogP contribution in [-0.4, -0.2) is 46.3 Å². The Labute approximate surface area is 128 Å². The molecule has 2 fully saturated rings. The van der Waals surface area contributed by atoms with Crippen molar-refractivity contribution in [2.75, 3.05) is 31.1 Å². The van der Waals surface area contributed by atoms with Gasteiger partial charge in [-0.2, -0.15) is 4.39 Å². The lowest BCUT2D eigenvalue weighted by molar-refractivity contribution is 0.223. The Balaban J connectivity index is 1.33. The number of nitrogens with zero attached hydrogens (tertiary/aromatic N) is 5. The molecule has 22 heavy (non-hydrogen) atoms. The maximum Gasteiger partial charge on any atom is 0.230 e. The maximum absolute atomic E-state index is 13.2. The van der Waals surface area contributed by atoms with E-state index in [-0.39, 0.29) is 0 Å². The molecule has 1 aliphatic carbocycles. The molecule has 2 aromatic heterocycles. The molecule has 1 saturated heterocycles. The summed E-state index contributed by atoms with van der Waals surface area (Å²) in [6.45, 7) is 4.07. The third-order valence-corrected chi connectivity index (χ3v) is 4.16. The summed E-state index contributed by atoms with van der Waals surface area (Å²) in [5.41, 5.74) is 0. The van der Waals surface area contributed by atoms with Crippen LogP contribution in [0.3, 0.4) is 0 Å². The van der Waals surface area contributed by atoms with Crippen LogP contribution in [0.2, 0.25) is 0 Å². The fourth-order valence-corrected chi connectivity index (χ4v) is 2.73. The minimum Gasteiger partial charge on any atom is -0.424 e. The van der Waals surface area contributed by atoms with Gasteiger partial charge in [-0.25, -0.2) is 4.98 Å². The molecule has 0 spiro atoms. The predicted molar refractivity (Wildman–Crippen MR) is 78.0 cm³/mol. The van der Waals surface area contributed by atoms with Crippen LogP contribution in [0.4, 0.5) is 10.2 Å². The monoisotopic (exact) mass is 303 g/mol. The fourth-order valence-electron chi connectivity index (χ4n) is 2.73. The average Bonchev–Trinajstić information content (AvgIpc) is 3.28. The third-order valence-electron chi connectivity index (χ3n) is 4.16. The standard InChI is InChI=1S/C15H18FN5O/c16-12-2-1-3-13(17-12)21-8-6-20(7-9-21)10-14-18-19-15(22-14)11-4-5-11/h1-3,11H,4-10H2. The number of anilines is 1. The normalized spacial score (nSPS) is 19.6. The summed E-state index contributed by atoms with van der Waals surface area (Å²) >= 11 is 0. The Morgan fingerprint density at radius 3 is 2.68 bits per heavy atom. The Hall–Kier alpha value is -2.02. The second kappa shape index (κ2) is 5.64. The first-order valence-electron chi connectivity index (χ1n) is 7.70. The van der Waals surface area contributed by atoms with E-state index in [4.69, 9.17) is 4.42 Å². The van der Waals surface area contributed by atoms with Crippen LogP contribution in [0.15, 0.2) is 22.6 Å². The van der Waals surface area contributed by atoms with E-state index in [1.54, 1.807) is 6.07 Å². The lowest BCUT2D eigenvalue weighted by atomic mass is 10.3. The molecular weight excluding hydrogens is 285 g/mol. The first-order valence-corrected chi connectivity index (χ1v) is 7.70. The lowest BCUT2D eigenvalue weighted by Gasteiger charge is -2.34. The highest BCUT2D eigenvalue weighted by Gasteiger charge is 2.29. The number of pyridine rings is 1. The highest BCUT2D eigenvalue weighted by atomic mass is 19.1. The van der Waals surface area contributed by atoms with Crippen molar-refractivity contribution >= 4 is 5.82 Å². The second-order valence-corrected chi connectivity index (χ2v) is 5.89. The molecule has 116 valence electrons. The van der Waals surface area contributed by atoms with E-state index in [9.17, 15) is 4.39 Å². The summed E-state index contributed by atoms with van der Waals surface area (Å²) in [5, 5.41) is 8.24. The van der Waals surface area contributed by atoms with Crippen molar-refractivity contribution in [1.82, 2.24) is 20.1 Å². The molecule has 3 heterocycles. The van der Waals surface area contributed by atoms with Crippen molar-refractivity contribution in [1.29, 1.82) is 0 Å². The quantitative estimate of drug-likeness (QED) is 0.803. The van der Waals surface area contributed by atoms with E-state index in [1.165, 1.54) is 18.9 Å². The Morgan fingerprint density at radius 2 is 1.95 bits per heavy atom. The second-order valence-electron chi connectivity index (χ2n) is 5.89. The fraction of sp³-hybridized carbons (Fsp3) is 0.533. The topological polar surface area (TPSA) is 58.3 Å². The Morgan fingerprint density at radius 1 is 1.14 bits per heavy atom. The highest BCUT2D eigenvalue weighted by molar-refractivity contribution is 5.38. The molecule has 0 radical (unpaired) electrons. The number of hydrogen-bond donors (Lipinski definition) is 0. The van der Waals surface area contributed by atoms with Crippen molar-refractivity contribution in [3.63, 3.8) is 0 Å². The average molecular weight is 303 g/mol. The molecule has 2 aromatic rings. The van der Waals surface area contributed by atoms with Gasteiger partial charge in [0.15, 0.2) is 0 Å². The maximum atomic E-state index is 13.2. The number of aromatic nitrogens is 3. The van der Waals surface area contributed by atoms with Gasteiger partial charge in [-0.15, -0.1) is 10.2 Å². The molecule has 4 rings (SSSR count). The van der Waals surface area contributed by atoms with Crippen LogP contribution in [0.25, 0.3) is 0 Å². The molecule has 0 N–H and O–H groups in total. The Bertz CT molecular complexity index is 649. The van der Waals surface area contributed by atoms with Gasteiger partial charge >= 0.3 is 0 Å². The molecule has 0 atom stereocenters. The Kier molecular flexibility index (Phi) is 3.49. The van der Waals surface area contributed by atoms with Gasteiger partial charge in [0, 0.05) is 32.1 Å². The molecule has 0 bridgehead atoms. The van der Waals surface area contributed by atoms with Gasteiger partial charge in [-0.3, -0.25) is 4.90 Å². The molecule has 1 aliphatic heterocycles. The van der Waals surface area contributed by atoms with Crippen molar-refractivity contribution in [3.8, 4) is 0 Å². The van der Waals surface area contributed by atoms with Gasteiger partial charge in [-0.05, 0) is 25.0 Å². The summed E-state index contributed by atoms with van der Waals surface area (Å²) < 4.78 is 18.9. The molecule has 0 aromatic carbocycles. The first kappa shape index (κ1) is 13.6. The largest absolute Gasteiger partial charge is 0.424 e. The predicted octanol–water partition coefficient (Wildman–Crippen LogP) is 1.80. The van der Waals surface area contributed by atoms with Gasteiger partial charge in [0.05, 0.1) is 6.54 Å². The van der Waals surface area contributed by atoms with E-state index in [0.717, 1.165) is 32.1 Å². The van der Waals surface area contributed by atoms with E-state index >= 15 is 0 Å². The zero-order valence-corrected chi connectivity index (χ0v) is 12.3. The summed E-state index contributed by atoms with van der Waals surface area (Å²) in [6.07, 6.45) is 2.34. The van der Waals surface area contributed by atoms with Gasteiger partial charge in [-0.1, -0.05) is 6.07 Å². The summed E-state index contributed by atoms with van der Waals surface area (Å²) in [4.78, 5) is 8.31. The lowest BCUT2D eigenvalue weighted by Crippen LogP contribution is -2.46. The summed E-state index contributed by atoms with van der Waals surface area (Å²) in [6, 6.07) is 4.91. The van der Waals surface area contributed by atoms with Gasteiger partial charge < -0.3 is 9.32 Å². The zero-order valence-electron chi connectivity index (χ0n) is 12.3. The highest BCUT2D eigenvalue weighted by Crippen LogP contribution is 2.39. The van der Waals surface area contributed by atoms with Crippen molar-refractivity contribution in [2.24, 2.45) is 0 Å². The molecule has 2 aliphatic rings. The number of hydrogen-bond acceptors (Lipinski definition) is 6. The minimum atomic E-state index is -0.432. The van der Waals surface area contributed by atoms with Gasteiger partial charge in [0.1, 0.15) is 5.82 Å². The van der Waals surface area contributed by atoms with E-state index < -0.39 is 5.95 Å². The first-order chi connectivity index (χ1) is 10.8. The van der Waals surface area contributed by atoms with E-state index in [1.807, 2.05) is 6.07 Å². The molecule has 0 amide bonds. The van der Waals surface area contributed by atoms with Gasteiger partial charge in [0.2, 0.25) is 17.7 Å². The van der Waals surface area contributed by atoms with Crippen LogP contribution >= 0.6 is 0 Å². The molecular formula is C15H18FN5O. The van der Waals surface area contributed by atoms with Crippen LogP contribution in [0, 0.1) is 5.95 Å². The van der Waals surface area contributed by atoms with Gasteiger partial charge in [0.25, 0.3) is 0 Å². The third kappa shape index (κ3) is 2.94. The molecule has 0 unspecified atom stereocenters. The smallest absolute Gasteiger partial charge is 0.230 e. The minimum absolute atomic E-state index is 0.432. The van der Waals surface area contributed by atoms with Crippen molar-refractivity contribution in [3.05, 3.63) is 35.9 Å². The van der Waals surface area contributed by atoms with E-state index in [0.29, 0.717) is 24.2 Å². The van der Waals surface area contributed by atoms with Crippen LogP contribution in [0.1, 0.15) is 30.5 Å². The number of rotatable bonds is 4. The molecule has 1 saturated carbocycles. The van der Waals surface area contributed by atoms with Crippen molar-refractivity contribution in [2.45, 2.75) is 25.3 Å². The van der Waals surface area contributed by atoms with Crippen LogP contribution in [-0.2, 0) is 6.54 Å². The number of halogens is 1. The SMILES string of the molecule is Fc1cccc(N2CCN(Cc3nnc(C4CC4)o3)CC2)n1. The van der Waals surface area contributed by atoms with Crippen LogP contribution < -0.4 is 4.90 Å². The zero-order chi connectivity index (χ0) is 14.9. The van der Waals surface area contributed by atoms with E-state index in [2.05, 4.69) is 25.0 Å². The summed E-state index contributed by atoms with van der Waals surface area (Å²) in [7, 11) is 0. The summed E-state index contributed by atoms with van der Waals surface area (Å²) in [5.74, 6) is 2.25.